The summed E-state index contributed by atoms with van der Waals surface area (Å²) in [6.07, 6.45) is 0. The highest BCUT2D eigenvalue weighted by molar-refractivity contribution is 6.88. The van der Waals surface area contributed by atoms with Crippen molar-refractivity contribution in [3.05, 3.63) is 0 Å². The van der Waals surface area contributed by atoms with E-state index in [1.54, 1.807) is 0 Å². The molecule has 26 valence electrons. The topological polar surface area (TPSA) is 0 Å². The highest BCUT2D eigenvalue weighted by Gasteiger charge is 1.39. The Morgan fingerprint density at radius 2 is 1.75 bits per heavy atom. The third-order valence-corrected chi connectivity index (χ3v) is 0. The lowest BCUT2D eigenvalue weighted by molar-refractivity contribution is 2.37. The third-order valence-electron chi connectivity index (χ3n) is 0. The zero-order valence-electron chi connectivity index (χ0n) is 2.71. The molecular weight excluding hydrogens is 95.2 g/mol. The molecule has 0 aliphatic heterocycles. The van der Waals surface area contributed by atoms with Crippen LogP contribution in [-0.4, -0.2) is 36.2 Å². The van der Waals surface area contributed by atoms with Crippen molar-refractivity contribution < 1.29 is 0 Å². The van der Waals surface area contributed by atoms with E-state index in [0.29, 0.717) is 9.04 Å². The van der Waals surface area contributed by atoms with Gasteiger partial charge in [-0.2, -0.15) is 0 Å². The van der Waals surface area contributed by atoms with Crippen LogP contribution >= 0.6 is 0 Å². The first-order valence-electron chi connectivity index (χ1n) is 1.41. The van der Waals surface area contributed by atoms with Crippen molar-refractivity contribution in [3.8, 4) is 0 Å². The van der Waals surface area contributed by atoms with E-state index in [0.717, 1.165) is 0 Å². The maximum Gasteiger partial charge on any atom is 0.187 e. The molecule has 0 nitrogen and oxygen atoms in total. The van der Waals surface area contributed by atoms with Crippen LogP contribution in [0.4, 0.5) is 0 Å². The third kappa shape index (κ3) is 12.3. The minimum absolute atomic E-state index is 0. The average Bonchev–Trinajstić information content (AvgIpc) is 0.918. The summed E-state index contributed by atoms with van der Waals surface area (Å²) in [6, 6.07) is 0. The van der Waals surface area contributed by atoms with Gasteiger partial charge in [0.1, 0.15) is 0 Å². The molecule has 0 saturated heterocycles. The minimum atomic E-state index is 0. The fraction of sp³-hybridized carbons (Fsp3) is 1.00. The summed E-state index contributed by atoms with van der Waals surface area (Å²) in [4.78, 5) is 0. The highest BCUT2D eigenvalue weighted by Crippen LogP contribution is 1.23. The normalized spacial score (nSPS) is 8.25. The molecule has 0 atom stereocenters. The Bertz CT molecular complexity index is 6.00. The van der Waals surface area contributed by atoms with Crippen molar-refractivity contribution >= 4 is 36.2 Å². The molecule has 0 aliphatic carbocycles. The van der Waals surface area contributed by atoms with E-state index in [1.165, 1.54) is 9.76 Å². The maximum atomic E-state index is 2.33. The molecule has 0 spiro atoms. The lowest BCUT2D eigenvalue weighted by Gasteiger charge is -1.44. The van der Waals surface area contributed by atoms with Gasteiger partial charge in [0, 0.05) is 9.04 Å². The van der Waals surface area contributed by atoms with Crippen molar-refractivity contribution in [2.75, 3.05) is 0 Å². The molecule has 3 heteroatoms. The van der Waals surface area contributed by atoms with E-state index in [4.69, 9.17) is 0 Å². The number of hydrogen-bond donors (Lipinski definition) is 0. The Balaban J connectivity index is 0. The molecule has 4 heavy (non-hydrogen) atoms. The molecule has 0 radical (unpaired) electrons. The molecule has 0 saturated carbocycles. The molecule has 0 aliphatic rings. The summed E-state index contributed by atoms with van der Waals surface area (Å²) in [5, 5.41) is 0. The van der Waals surface area contributed by atoms with Gasteiger partial charge in [-0.15, -0.1) is 0 Å². The van der Waals surface area contributed by atoms with Crippen LogP contribution in [0.1, 0.15) is 0 Å². The predicted octanol–water partition coefficient (Wildman–Crippen LogP) is -2.70. The lowest BCUT2D eigenvalue weighted by Crippen LogP contribution is -1.68. The fourth-order valence-corrected chi connectivity index (χ4v) is 0. The van der Waals surface area contributed by atoms with Gasteiger partial charge in [0.15, 0.2) is 17.4 Å². The van der Waals surface area contributed by atoms with Crippen molar-refractivity contribution in [2.24, 2.45) is 0 Å². The van der Waals surface area contributed by atoms with Crippen LogP contribution < -0.4 is 0 Å². The van der Waals surface area contributed by atoms with Gasteiger partial charge in [0.05, 0.1) is 0 Å². The summed E-state index contributed by atoms with van der Waals surface area (Å²) in [6.45, 7) is 2.33. The molecule has 0 heterocycles. The fourth-order valence-electron chi connectivity index (χ4n) is 0. The van der Waals surface area contributed by atoms with E-state index in [1.807, 2.05) is 0 Å². The summed E-state index contributed by atoms with van der Waals surface area (Å²) in [7, 11) is 2.06. The van der Waals surface area contributed by atoms with Gasteiger partial charge in [0.25, 0.3) is 0 Å². The van der Waals surface area contributed by atoms with E-state index in [-0.39, 0.29) is 17.4 Å². The van der Waals surface area contributed by atoms with E-state index in [2.05, 4.69) is 6.55 Å². The average molecular weight is 106 g/mol. The van der Waals surface area contributed by atoms with Crippen LogP contribution in [0.5, 0.6) is 0 Å². The summed E-state index contributed by atoms with van der Waals surface area (Å²) < 4.78 is 0. The van der Waals surface area contributed by atoms with Crippen molar-refractivity contribution in [1.82, 2.24) is 0 Å². The van der Waals surface area contributed by atoms with Gasteiger partial charge in [-0.1, -0.05) is 6.55 Å². The molecule has 0 fully saturated rings. The standard InChI is InChI=1S/CH8Si2.Al.3H/c1-3-2;;;;/h3H2,1-2H3;;;;. The Hall–Kier alpha value is 0.966. The summed E-state index contributed by atoms with van der Waals surface area (Å²) in [5.41, 5.74) is 0. The smallest absolute Gasteiger partial charge is 0.0774 e. The van der Waals surface area contributed by atoms with Crippen LogP contribution in [0.3, 0.4) is 0 Å². The van der Waals surface area contributed by atoms with Crippen molar-refractivity contribution in [2.45, 2.75) is 6.55 Å². The Kier molecular flexibility index (Phi) is 20.0. The molecule has 0 aromatic rings. The van der Waals surface area contributed by atoms with E-state index < -0.39 is 0 Å². The summed E-state index contributed by atoms with van der Waals surface area (Å²) in [5.74, 6) is 0. The molecule has 0 unspecified atom stereocenters. The first kappa shape index (κ1) is 8.88. The first-order valence-corrected chi connectivity index (χ1v) is 8.49. The molecule has 0 amide bonds. The largest absolute Gasteiger partial charge is 0.187 e. The quantitative estimate of drug-likeness (QED) is 0.295. The van der Waals surface area contributed by atoms with Gasteiger partial charge in [0.2, 0.25) is 0 Å². The number of rotatable bonds is 0. The Morgan fingerprint density at radius 1 is 1.75 bits per heavy atom. The highest BCUT2D eigenvalue weighted by atomic mass is 29.1. The van der Waals surface area contributed by atoms with Crippen molar-refractivity contribution in [3.63, 3.8) is 0 Å². The van der Waals surface area contributed by atoms with Gasteiger partial charge in [-0.05, 0) is 9.76 Å². The predicted molar refractivity (Wildman–Crippen MR) is 34.3 cm³/mol. The lowest BCUT2D eigenvalue weighted by atomic mass is 11.9. The Labute approximate surface area is 43.1 Å². The van der Waals surface area contributed by atoms with Crippen molar-refractivity contribution in [1.29, 1.82) is 0 Å². The second kappa shape index (κ2) is 9.03. The van der Waals surface area contributed by atoms with Crippen LogP contribution in [0.15, 0.2) is 0 Å². The molecule has 0 aromatic carbocycles. The monoisotopic (exact) mass is 106 g/mol. The van der Waals surface area contributed by atoms with Gasteiger partial charge >= 0.3 is 0 Å². The van der Waals surface area contributed by atoms with Gasteiger partial charge in [-0.3, -0.25) is 0 Å². The Morgan fingerprint density at radius 3 is 1.75 bits per heavy atom. The van der Waals surface area contributed by atoms with Crippen LogP contribution in [0.2, 0.25) is 6.55 Å². The van der Waals surface area contributed by atoms with Crippen LogP contribution in [0.25, 0.3) is 0 Å². The maximum absolute atomic E-state index is 2.33. The minimum Gasteiger partial charge on any atom is -0.0774 e. The van der Waals surface area contributed by atoms with E-state index in [9.17, 15) is 0 Å². The molecule has 0 N–H and O–H groups in total. The molecular formula is CH11AlSi2. The second-order valence-electron chi connectivity index (χ2n) is 0.707. The van der Waals surface area contributed by atoms with Gasteiger partial charge in [-0.25, -0.2) is 0 Å². The zero-order valence-corrected chi connectivity index (χ0v) is 6.12. The molecule has 0 bridgehead atoms. The summed E-state index contributed by atoms with van der Waals surface area (Å²) >= 11 is 0. The first-order chi connectivity index (χ1) is 1.41. The second-order valence-corrected chi connectivity index (χ2v) is 6.36. The van der Waals surface area contributed by atoms with Crippen LogP contribution in [-0.2, 0) is 0 Å². The molecule has 0 aromatic heterocycles. The van der Waals surface area contributed by atoms with E-state index >= 15 is 0 Å². The zero-order chi connectivity index (χ0) is 2.71. The van der Waals surface area contributed by atoms with Crippen LogP contribution in [0, 0.1) is 0 Å². The molecule has 0 rings (SSSR count). The SMILES string of the molecule is C[SiH2][SiH3].[AlH3]. The number of hydrogen-bond acceptors (Lipinski definition) is 0. The van der Waals surface area contributed by atoms with Gasteiger partial charge < -0.3 is 0 Å².